The first-order valence-corrected chi connectivity index (χ1v) is 7.39. The number of rotatable bonds is 2. The van der Waals surface area contributed by atoms with E-state index in [1.54, 1.807) is 5.57 Å². The van der Waals surface area contributed by atoms with E-state index in [-0.39, 0.29) is 0 Å². The third-order valence-corrected chi connectivity index (χ3v) is 4.77. The molecule has 0 saturated carbocycles. The third-order valence-electron chi connectivity index (χ3n) is 4.77. The van der Waals surface area contributed by atoms with Crippen LogP contribution in [0.5, 0.6) is 0 Å². The van der Waals surface area contributed by atoms with Gasteiger partial charge >= 0.3 is 0 Å². The van der Waals surface area contributed by atoms with Gasteiger partial charge < -0.3 is 4.98 Å². The van der Waals surface area contributed by atoms with E-state index in [0.29, 0.717) is 5.92 Å². The molecule has 0 bridgehead atoms. The molecular formula is C18H23N. The Kier molecular flexibility index (Phi) is 3.22. The van der Waals surface area contributed by atoms with Crippen molar-refractivity contribution in [2.24, 2.45) is 11.8 Å². The van der Waals surface area contributed by atoms with Gasteiger partial charge in [0.2, 0.25) is 0 Å². The van der Waals surface area contributed by atoms with Crippen molar-refractivity contribution in [3.05, 3.63) is 47.7 Å². The first kappa shape index (κ1) is 12.5. The first-order chi connectivity index (χ1) is 9.16. The number of hydrogen-bond donors (Lipinski definition) is 1. The Balaban J connectivity index is 2.01. The van der Waals surface area contributed by atoms with Gasteiger partial charge in [-0.05, 0) is 43.2 Å². The summed E-state index contributed by atoms with van der Waals surface area (Å²) >= 11 is 0. The van der Waals surface area contributed by atoms with Gasteiger partial charge in [0.1, 0.15) is 0 Å². The highest BCUT2D eigenvalue weighted by Crippen LogP contribution is 2.41. The molecule has 1 aliphatic rings. The fraction of sp³-hybridized carbons (Fsp3) is 0.444. The first-order valence-electron chi connectivity index (χ1n) is 7.39. The number of fused-ring (bicyclic) bond motifs is 1. The zero-order valence-corrected chi connectivity index (χ0v) is 12.1. The number of aromatic nitrogens is 1. The quantitative estimate of drug-likeness (QED) is 0.702. The van der Waals surface area contributed by atoms with Crippen molar-refractivity contribution in [3.63, 3.8) is 0 Å². The van der Waals surface area contributed by atoms with Crippen LogP contribution in [-0.4, -0.2) is 4.98 Å². The maximum absolute atomic E-state index is 3.42. The van der Waals surface area contributed by atoms with Crippen LogP contribution in [0.15, 0.2) is 42.1 Å². The SMILES string of the molecule is CC1=CC[C@@H](C(C)C)C[C@H]1c1c[nH]c2ccccc12. The minimum Gasteiger partial charge on any atom is -0.361 e. The largest absolute Gasteiger partial charge is 0.361 e. The molecule has 1 heteroatoms. The molecule has 1 aliphatic carbocycles. The number of H-pyrrole nitrogens is 1. The molecule has 0 radical (unpaired) electrons. The van der Waals surface area contributed by atoms with Gasteiger partial charge in [0, 0.05) is 23.0 Å². The standard InChI is InChI=1S/C18H23N/c1-12(2)14-9-8-13(3)16(10-14)17-11-19-18-7-5-4-6-15(17)18/h4-8,11-12,14,16,19H,9-10H2,1-3H3/t14-,16-/m1/s1. The van der Waals surface area contributed by atoms with Crippen LogP contribution in [0.4, 0.5) is 0 Å². The summed E-state index contributed by atoms with van der Waals surface area (Å²) < 4.78 is 0. The van der Waals surface area contributed by atoms with Crippen molar-refractivity contribution >= 4 is 10.9 Å². The molecule has 1 aromatic heterocycles. The van der Waals surface area contributed by atoms with Crippen LogP contribution in [0, 0.1) is 11.8 Å². The van der Waals surface area contributed by atoms with E-state index in [0.717, 1.165) is 11.8 Å². The Labute approximate surface area is 115 Å². The number of hydrogen-bond acceptors (Lipinski definition) is 0. The summed E-state index contributed by atoms with van der Waals surface area (Å²) in [6.45, 7) is 7.00. The summed E-state index contributed by atoms with van der Waals surface area (Å²) in [6.07, 6.45) is 7.22. The van der Waals surface area contributed by atoms with Crippen LogP contribution in [-0.2, 0) is 0 Å². The van der Waals surface area contributed by atoms with E-state index < -0.39 is 0 Å². The molecular weight excluding hydrogens is 230 g/mol. The highest BCUT2D eigenvalue weighted by Gasteiger charge is 2.26. The number of aromatic amines is 1. The molecule has 1 nitrogen and oxygen atoms in total. The van der Waals surface area contributed by atoms with Gasteiger partial charge in [-0.2, -0.15) is 0 Å². The lowest BCUT2D eigenvalue weighted by molar-refractivity contribution is 0.333. The molecule has 0 saturated heterocycles. The third kappa shape index (κ3) is 2.22. The second-order valence-corrected chi connectivity index (χ2v) is 6.27. The molecule has 2 atom stereocenters. The number of nitrogens with one attached hydrogen (secondary N) is 1. The Morgan fingerprint density at radius 2 is 2.00 bits per heavy atom. The number of benzene rings is 1. The predicted octanol–water partition coefficient (Wildman–Crippen LogP) is 5.26. The molecule has 2 aromatic rings. The maximum atomic E-state index is 3.42. The van der Waals surface area contributed by atoms with Gasteiger partial charge in [-0.15, -0.1) is 0 Å². The van der Waals surface area contributed by atoms with Crippen molar-refractivity contribution in [2.45, 2.75) is 39.5 Å². The minimum atomic E-state index is 0.595. The van der Waals surface area contributed by atoms with Gasteiger partial charge in [0.15, 0.2) is 0 Å². The highest BCUT2D eigenvalue weighted by molar-refractivity contribution is 5.84. The van der Waals surface area contributed by atoms with Gasteiger partial charge in [0.05, 0.1) is 0 Å². The number of para-hydroxylation sites is 1. The molecule has 100 valence electrons. The predicted molar refractivity (Wildman–Crippen MR) is 82.4 cm³/mol. The molecule has 0 unspecified atom stereocenters. The average Bonchev–Trinajstić information content (AvgIpc) is 2.83. The van der Waals surface area contributed by atoms with Crippen LogP contribution >= 0.6 is 0 Å². The van der Waals surface area contributed by atoms with Gasteiger partial charge in [0.25, 0.3) is 0 Å². The minimum absolute atomic E-state index is 0.595. The Bertz CT molecular complexity index is 603. The molecule has 0 fully saturated rings. The van der Waals surface area contributed by atoms with Crippen molar-refractivity contribution < 1.29 is 0 Å². The van der Waals surface area contributed by atoms with Crippen molar-refractivity contribution in [1.82, 2.24) is 4.98 Å². The summed E-state index contributed by atoms with van der Waals surface area (Å²) in [5.41, 5.74) is 4.29. The molecule has 0 amide bonds. The Morgan fingerprint density at radius 3 is 2.79 bits per heavy atom. The lowest BCUT2D eigenvalue weighted by Crippen LogP contribution is -2.17. The van der Waals surface area contributed by atoms with Gasteiger partial charge in [-0.25, -0.2) is 0 Å². The van der Waals surface area contributed by atoms with Crippen LogP contribution in [0.2, 0.25) is 0 Å². The van der Waals surface area contributed by atoms with E-state index in [9.17, 15) is 0 Å². The van der Waals surface area contributed by atoms with Gasteiger partial charge in [-0.3, -0.25) is 0 Å². The van der Waals surface area contributed by atoms with Crippen LogP contribution in [0.3, 0.4) is 0 Å². The highest BCUT2D eigenvalue weighted by atomic mass is 14.7. The molecule has 1 N–H and O–H groups in total. The fourth-order valence-electron chi connectivity index (χ4n) is 3.36. The molecule has 0 aliphatic heterocycles. The smallest absolute Gasteiger partial charge is 0.0457 e. The lowest BCUT2D eigenvalue weighted by Gasteiger charge is -2.31. The van der Waals surface area contributed by atoms with Crippen LogP contribution < -0.4 is 0 Å². The summed E-state index contributed by atoms with van der Waals surface area (Å²) in [6, 6.07) is 8.65. The summed E-state index contributed by atoms with van der Waals surface area (Å²) in [5, 5.41) is 1.39. The average molecular weight is 253 g/mol. The van der Waals surface area contributed by atoms with E-state index in [1.165, 1.54) is 29.3 Å². The molecule has 1 aromatic carbocycles. The van der Waals surface area contributed by atoms with Crippen molar-refractivity contribution in [3.8, 4) is 0 Å². The van der Waals surface area contributed by atoms with E-state index >= 15 is 0 Å². The van der Waals surface area contributed by atoms with Gasteiger partial charge in [-0.1, -0.05) is 43.7 Å². The maximum Gasteiger partial charge on any atom is 0.0457 e. The van der Waals surface area contributed by atoms with E-state index in [1.807, 2.05) is 0 Å². The molecule has 19 heavy (non-hydrogen) atoms. The Morgan fingerprint density at radius 1 is 1.21 bits per heavy atom. The second kappa shape index (κ2) is 4.88. The summed E-state index contributed by atoms with van der Waals surface area (Å²) in [5.74, 6) is 2.19. The Hall–Kier alpha value is -1.50. The normalized spacial score (nSPS) is 23.9. The fourth-order valence-corrected chi connectivity index (χ4v) is 3.36. The van der Waals surface area contributed by atoms with Crippen LogP contribution in [0.25, 0.3) is 10.9 Å². The van der Waals surface area contributed by atoms with Crippen molar-refractivity contribution in [2.75, 3.05) is 0 Å². The van der Waals surface area contributed by atoms with Crippen LogP contribution in [0.1, 0.15) is 45.1 Å². The molecule has 0 spiro atoms. The monoisotopic (exact) mass is 253 g/mol. The molecule has 3 rings (SSSR count). The zero-order valence-electron chi connectivity index (χ0n) is 12.1. The summed E-state index contributed by atoms with van der Waals surface area (Å²) in [4.78, 5) is 3.42. The van der Waals surface area contributed by atoms with E-state index in [4.69, 9.17) is 0 Å². The number of allylic oxidation sites excluding steroid dienone is 2. The summed E-state index contributed by atoms with van der Waals surface area (Å²) in [7, 11) is 0. The van der Waals surface area contributed by atoms with E-state index in [2.05, 4.69) is 62.3 Å². The second-order valence-electron chi connectivity index (χ2n) is 6.27. The molecule has 1 heterocycles. The lowest BCUT2D eigenvalue weighted by atomic mass is 9.74. The van der Waals surface area contributed by atoms with Crippen molar-refractivity contribution in [1.29, 1.82) is 0 Å². The topological polar surface area (TPSA) is 15.8 Å². The zero-order chi connectivity index (χ0) is 13.4.